The van der Waals surface area contributed by atoms with E-state index in [-0.39, 0.29) is 11.7 Å². The Morgan fingerprint density at radius 2 is 2.00 bits per heavy atom. The van der Waals surface area contributed by atoms with Crippen molar-refractivity contribution in [3.05, 3.63) is 29.6 Å². The number of carbonyl (C=O) groups is 1. The van der Waals surface area contributed by atoms with Gasteiger partial charge in [0.15, 0.2) is 0 Å². The van der Waals surface area contributed by atoms with Crippen LogP contribution in [-0.4, -0.2) is 17.0 Å². The summed E-state index contributed by atoms with van der Waals surface area (Å²) in [6, 6.07) is 1.84. The number of hydroxylamine groups is 1. The minimum Gasteiger partial charge on any atom is -0.270 e. The first-order chi connectivity index (χ1) is 8.97. The summed E-state index contributed by atoms with van der Waals surface area (Å²) in [5, 5.41) is 0. The lowest BCUT2D eigenvalue weighted by molar-refractivity contribution is -0.141. The molecule has 0 aliphatic heterocycles. The first kappa shape index (κ1) is 13.8. The fourth-order valence-corrected chi connectivity index (χ4v) is 1.90. The summed E-state index contributed by atoms with van der Waals surface area (Å²) in [5.41, 5.74) is 1.25. The van der Waals surface area contributed by atoms with Gasteiger partial charge in [-0.15, -0.1) is 0 Å². The molecule has 1 aromatic rings. The highest BCUT2D eigenvalue weighted by atomic mass is 19.4. The van der Waals surface area contributed by atoms with Gasteiger partial charge in [0.1, 0.15) is 5.69 Å². The molecule has 1 amide bonds. The summed E-state index contributed by atoms with van der Waals surface area (Å²) in [4.78, 5) is 20.0. The molecule has 0 spiro atoms. The topological polar surface area (TPSA) is 51.2 Å². The second kappa shape index (κ2) is 5.56. The monoisotopic (exact) mass is 274 g/mol. The Morgan fingerprint density at radius 1 is 1.32 bits per heavy atom. The molecule has 19 heavy (non-hydrogen) atoms. The van der Waals surface area contributed by atoms with Gasteiger partial charge >= 0.3 is 6.18 Å². The summed E-state index contributed by atoms with van der Waals surface area (Å²) in [5.74, 6) is -0.590. The smallest absolute Gasteiger partial charge is 0.270 e. The lowest BCUT2D eigenvalue weighted by Gasteiger charge is -2.11. The molecule has 0 unspecified atom stereocenters. The largest absolute Gasteiger partial charge is 0.433 e. The van der Waals surface area contributed by atoms with Crippen LogP contribution < -0.4 is 5.48 Å². The SMILES string of the molecule is O=C(NOC1CCCC1)c1ccc(C(F)(F)F)nc1. The van der Waals surface area contributed by atoms with E-state index in [1.54, 1.807) is 0 Å². The van der Waals surface area contributed by atoms with E-state index in [2.05, 4.69) is 10.5 Å². The predicted octanol–water partition coefficient (Wildman–Crippen LogP) is 2.70. The van der Waals surface area contributed by atoms with E-state index >= 15 is 0 Å². The molecule has 1 saturated carbocycles. The van der Waals surface area contributed by atoms with Crippen molar-refractivity contribution in [2.75, 3.05) is 0 Å². The lowest BCUT2D eigenvalue weighted by Crippen LogP contribution is -2.28. The molecular formula is C12H13F3N2O2. The number of alkyl halides is 3. The van der Waals surface area contributed by atoms with Crippen molar-refractivity contribution in [1.82, 2.24) is 10.5 Å². The molecule has 2 rings (SSSR count). The molecule has 104 valence electrons. The Kier molecular flexibility index (Phi) is 4.04. The zero-order valence-corrected chi connectivity index (χ0v) is 10.0. The van der Waals surface area contributed by atoms with Crippen LogP contribution in [0.2, 0.25) is 0 Å². The normalized spacial score (nSPS) is 16.6. The van der Waals surface area contributed by atoms with Crippen molar-refractivity contribution in [1.29, 1.82) is 0 Å². The number of aromatic nitrogens is 1. The van der Waals surface area contributed by atoms with Crippen LogP contribution in [0, 0.1) is 0 Å². The van der Waals surface area contributed by atoms with E-state index in [1.807, 2.05) is 0 Å². The van der Waals surface area contributed by atoms with Crippen LogP contribution in [0.5, 0.6) is 0 Å². The van der Waals surface area contributed by atoms with Gasteiger partial charge in [0.05, 0.1) is 11.7 Å². The molecule has 0 atom stereocenters. The molecule has 1 heterocycles. The maximum atomic E-state index is 12.3. The van der Waals surface area contributed by atoms with Gasteiger partial charge in [-0.25, -0.2) is 5.48 Å². The number of pyridine rings is 1. The maximum absolute atomic E-state index is 12.3. The number of rotatable bonds is 3. The highest BCUT2D eigenvalue weighted by Crippen LogP contribution is 2.27. The number of amides is 1. The van der Waals surface area contributed by atoms with Gasteiger partial charge in [0.25, 0.3) is 5.91 Å². The van der Waals surface area contributed by atoms with Crippen LogP contribution in [0.15, 0.2) is 18.3 Å². The van der Waals surface area contributed by atoms with Gasteiger partial charge in [-0.2, -0.15) is 13.2 Å². The number of nitrogens with zero attached hydrogens (tertiary/aromatic N) is 1. The fraction of sp³-hybridized carbons (Fsp3) is 0.500. The highest BCUT2D eigenvalue weighted by molar-refractivity contribution is 5.93. The number of hydrogen-bond donors (Lipinski definition) is 1. The molecule has 0 saturated heterocycles. The molecule has 7 heteroatoms. The summed E-state index contributed by atoms with van der Waals surface area (Å²) in [6.07, 6.45) is 0.249. The predicted molar refractivity (Wildman–Crippen MR) is 60.0 cm³/mol. The van der Waals surface area contributed by atoms with Gasteiger partial charge < -0.3 is 0 Å². The Morgan fingerprint density at radius 3 is 2.53 bits per heavy atom. The minimum absolute atomic E-state index is 0.00800. The third-order valence-electron chi connectivity index (χ3n) is 2.94. The van der Waals surface area contributed by atoms with Crippen molar-refractivity contribution in [2.45, 2.75) is 38.0 Å². The van der Waals surface area contributed by atoms with Crippen LogP contribution in [0.25, 0.3) is 0 Å². The molecule has 4 nitrogen and oxygen atoms in total. The molecule has 1 aliphatic rings. The molecular weight excluding hydrogens is 261 g/mol. The molecule has 1 N–H and O–H groups in total. The third-order valence-corrected chi connectivity index (χ3v) is 2.94. The summed E-state index contributed by atoms with van der Waals surface area (Å²) >= 11 is 0. The number of halogens is 3. The Labute approximate surface area is 107 Å². The molecule has 0 radical (unpaired) electrons. The van der Waals surface area contributed by atoms with Crippen molar-refractivity contribution < 1.29 is 22.8 Å². The van der Waals surface area contributed by atoms with Crippen molar-refractivity contribution >= 4 is 5.91 Å². The van der Waals surface area contributed by atoms with E-state index in [0.29, 0.717) is 0 Å². The van der Waals surface area contributed by atoms with Gasteiger partial charge in [0.2, 0.25) is 0 Å². The Hall–Kier alpha value is -1.63. The van der Waals surface area contributed by atoms with E-state index in [4.69, 9.17) is 4.84 Å². The third kappa shape index (κ3) is 3.66. The first-order valence-electron chi connectivity index (χ1n) is 5.96. The first-order valence-corrected chi connectivity index (χ1v) is 5.96. The minimum atomic E-state index is -4.50. The molecule has 1 fully saturated rings. The quantitative estimate of drug-likeness (QED) is 0.862. The van der Waals surface area contributed by atoms with E-state index in [0.717, 1.165) is 44.0 Å². The average Bonchev–Trinajstić information content (AvgIpc) is 2.88. The summed E-state index contributed by atoms with van der Waals surface area (Å²) < 4.78 is 36.9. The zero-order chi connectivity index (χ0) is 13.9. The lowest BCUT2D eigenvalue weighted by atomic mass is 10.2. The summed E-state index contributed by atoms with van der Waals surface area (Å²) in [6.45, 7) is 0. The van der Waals surface area contributed by atoms with E-state index in [9.17, 15) is 18.0 Å². The second-order valence-electron chi connectivity index (χ2n) is 4.39. The Bertz CT molecular complexity index is 439. The molecule has 0 aromatic carbocycles. The van der Waals surface area contributed by atoms with Gasteiger partial charge in [-0.3, -0.25) is 14.6 Å². The second-order valence-corrected chi connectivity index (χ2v) is 4.39. The fourth-order valence-electron chi connectivity index (χ4n) is 1.90. The number of nitrogens with one attached hydrogen (secondary N) is 1. The summed E-state index contributed by atoms with van der Waals surface area (Å²) in [7, 11) is 0. The maximum Gasteiger partial charge on any atom is 0.433 e. The zero-order valence-electron chi connectivity index (χ0n) is 10.0. The van der Waals surface area contributed by atoms with Gasteiger partial charge in [-0.1, -0.05) is 12.8 Å². The van der Waals surface area contributed by atoms with Crippen LogP contribution in [0.4, 0.5) is 13.2 Å². The Balaban J connectivity index is 1.92. The van der Waals surface area contributed by atoms with Crippen molar-refractivity contribution in [3.63, 3.8) is 0 Å². The molecule has 0 bridgehead atoms. The van der Waals surface area contributed by atoms with Crippen LogP contribution in [0.3, 0.4) is 0 Å². The van der Waals surface area contributed by atoms with E-state index in [1.165, 1.54) is 0 Å². The average molecular weight is 274 g/mol. The number of hydrogen-bond acceptors (Lipinski definition) is 3. The van der Waals surface area contributed by atoms with Crippen molar-refractivity contribution in [3.8, 4) is 0 Å². The van der Waals surface area contributed by atoms with Gasteiger partial charge in [-0.05, 0) is 25.0 Å². The molecule has 1 aromatic heterocycles. The van der Waals surface area contributed by atoms with Crippen molar-refractivity contribution in [2.24, 2.45) is 0 Å². The molecule has 1 aliphatic carbocycles. The standard InChI is InChI=1S/C12H13F3N2O2/c13-12(14,15)10-6-5-8(7-16-10)11(18)17-19-9-3-1-2-4-9/h5-7,9H,1-4H2,(H,17,18). The van der Waals surface area contributed by atoms with Crippen LogP contribution in [0.1, 0.15) is 41.7 Å². The van der Waals surface area contributed by atoms with Crippen LogP contribution >= 0.6 is 0 Å². The highest BCUT2D eigenvalue weighted by Gasteiger charge is 2.32. The number of carbonyl (C=O) groups excluding carboxylic acids is 1. The van der Waals surface area contributed by atoms with Gasteiger partial charge in [0, 0.05) is 6.20 Å². The van der Waals surface area contributed by atoms with Crippen LogP contribution in [-0.2, 0) is 11.0 Å². The van der Waals surface area contributed by atoms with E-state index < -0.39 is 17.8 Å².